The predicted molar refractivity (Wildman–Crippen MR) is 63.9 cm³/mol. The maximum atomic E-state index is 11.9. The van der Waals surface area contributed by atoms with Crippen LogP contribution in [-0.4, -0.2) is 36.7 Å². The minimum absolute atomic E-state index is 0.248. The zero-order chi connectivity index (χ0) is 11.6. The van der Waals surface area contributed by atoms with Crippen molar-refractivity contribution in [1.82, 2.24) is 14.9 Å². The predicted octanol–water partition coefficient (Wildman–Crippen LogP) is 0.750. The van der Waals surface area contributed by atoms with Gasteiger partial charge in [0.1, 0.15) is 4.90 Å². The molecule has 0 amide bonds. The number of H-pyrrole nitrogens is 1. The van der Waals surface area contributed by atoms with Gasteiger partial charge in [-0.2, -0.15) is 16.9 Å². The van der Waals surface area contributed by atoms with Gasteiger partial charge in [0.15, 0.2) is 0 Å². The van der Waals surface area contributed by atoms with Crippen LogP contribution in [0, 0.1) is 12.8 Å². The molecule has 90 valence electrons. The Bertz CT molecular complexity index is 449. The van der Waals surface area contributed by atoms with Crippen LogP contribution in [-0.2, 0) is 10.0 Å². The molecule has 1 saturated heterocycles. The smallest absolute Gasteiger partial charge is 0.243 e. The van der Waals surface area contributed by atoms with Gasteiger partial charge in [-0.05, 0) is 30.8 Å². The number of hydrogen-bond donors (Lipinski definition) is 2. The summed E-state index contributed by atoms with van der Waals surface area (Å²) in [6.45, 7) is 2.23. The van der Waals surface area contributed by atoms with E-state index in [1.807, 2.05) is 11.8 Å². The number of sulfonamides is 1. The van der Waals surface area contributed by atoms with Gasteiger partial charge in [0, 0.05) is 6.54 Å². The molecule has 1 aromatic heterocycles. The second-order valence-corrected chi connectivity index (χ2v) is 6.83. The van der Waals surface area contributed by atoms with Crippen LogP contribution in [0.1, 0.15) is 12.1 Å². The maximum Gasteiger partial charge on any atom is 0.243 e. The molecule has 0 spiro atoms. The summed E-state index contributed by atoms with van der Waals surface area (Å²) in [6, 6.07) is 0. The Morgan fingerprint density at radius 2 is 2.50 bits per heavy atom. The zero-order valence-electron chi connectivity index (χ0n) is 9.06. The van der Waals surface area contributed by atoms with E-state index in [1.165, 1.54) is 6.20 Å². The van der Waals surface area contributed by atoms with Crippen LogP contribution in [0.2, 0.25) is 0 Å². The number of rotatable bonds is 4. The summed E-state index contributed by atoms with van der Waals surface area (Å²) < 4.78 is 26.4. The number of hydrogen-bond acceptors (Lipinski definition) is 4. The van der Waals surface area contributed by atoms with Crippen LogP contribution in [0.4, 0.5) is 0 Å². The quantitative estimate of drug-likeness (QED) is 0.838. The molecule has 1 atom stereocenters. The molecular formula is C9H15N3O2S2. The molecule has 2 rings (SSSR count). The zero-order valence-corrected chi connectivity index (χ0v) is 10.7. The number of thioether (sulfide) groups is 1. The summed E-state index contributed by atoms with van der Waals surface area (Å²) in [6.07, 6.45) is 2.44. The van der Waals surface area contributed by atoms with Gasteiger partial charge in [-0.3, -0.25) is 5.10 Å². The lowest BCUT2D eigenvalue weighted by molar-refractivity contribution is 0.545. The third-order valence-electron chi connectivity index (χ3n) is 2.66. The fourth-order valence-electron chi connectivity index (χ4n) is 1.66. The average molecular weight is 261 g/mol. The van der Waals surface area contributed by atoms with Gasteiger partial charge in [0.05, 0.1) is 11.9 Å². The molecule has 16 heavy (non-hydrogen) atoms. The fraction of sp³-hybridized carbons (Fsp3) is 0.667. The van der Waals surface area contributed by atoms with Crippen molar-refractivity contribution in [3.63, 3.8) is 0 Å². The lowest BCUT2D eigenvalue weighted by Gasteiger charge is -2.09. The average Bonchev–Trinajstić information content (AvgIpc) is 2.85. The van der Waals surface area contributed by atoms with Gasteiger partial charge < -0.3 is 0 Å². The molecule has 0 aromatic carbocycles. The summed E-state index contributed by atoms with van der Waals surface area (Å²) in [5.41, 5.74) is 0.577. The van der Waals surface area contributed by atoms with E-state index in [0.29, 0.717) is 18.2 Å². The van der Waals surface area contributed by atoms with E-state index in [0.717, 1.165) is 17.9 Å². The third-order valence-corrected chi connectivity index (χ3v) is 5.43. The maximum absolute atomic E-state index is 11.9. The monoisotopic (exact) mass is 261 g/mol. The first kappa shape index (κ1) is 11.9. The summed E-state index contributed by atoms with van der Waals surface area (Å²) in [7, 11) is -3.39. The first-order valence-electron chi connectivity index (χ1n) is 5.17. The van der Waals surface area contributed by atoms with Crippen LogP contribution in [0.15, 0.2) is 11.1 Å². The molecule has 1 unspecified atom stereocenters. The van der Waals surface area contributed by atoms with Crippen molar-refractivity contribution in [2.45, 2.75) is 18.2 Å². The standard InChI is InChI=1S/C9H15N3O2S2/c1-7-9(5-10-12-7)16(13,14)11-4-8-2-3-15-6-8/h5,8,11H,2-4,6H2,1H3,(H,10,12). The van der Waals surface area contributed by atoms with Crippen LogP contribution >= 0.6 is 11.8 Å². The lowest BCUT2D eigenvalue weighted by atomic mass is 10.1. The Morgan fingerprint density at radius 1 is 1.69 bits per heavy atom. The number of aromatic nitrogens is 2. The first-order valence-corrected chi connectivity index (χ1v) is 7.81. The van der Waals surface area contributed by atoms with E-state index >= 15 is 0 Å². The minimum atomic E-state index is -3.39. The lowest BCUT2D eigenvalue weighted by Crippen LogP contribution is -2.29. The second-order valence-electron chi connectivity index (χ2n) is 3.94. The van der Waals surface area contributed by atoms with Crippen molar-refractivity contribution in [3.05, 3.63) is 11.9 Å². The van der Waals surface area contributed by atoms with E-state index in [1.54, 1.807) is 6.92 Å². The Morgan fingerprint density at radius 3 is 3.06 bits per heavy atom. The molecule has 1 aliphatic heterocycles. The van der Waals surface area contributed by atoms with Crippen molar-refractivity contribution >= 4 is 21.8 Å². The summed E-state index contributed by atoms with van der Waals surface area (Å²) >= 11 is 1.88. The van der Waals surface area contributed by atoms with Crippen LogP contribution in [0.25, 0.3) is 0 Å². The van der Waals surface area contributed by atoms with Crippen molar-refractivity contribution in [2.24, 2.45) is 5.92 Å². The fourth-order valence-corrected chi connectivity index (χ4v) is 4.20. The van der Waals surface area contributed by atoms with Gasteiger partial charge >= 0.3 is 0 Å². The molecule has 0 radical (unpaired) electrons. The van der Waals surface area contributed by atoms with Crippen LogP contribution < -0.4 is 4.72 Å². The molecule has 0 aliphatic carbocycles. The van der Waals surface area contributed by atoms with E-state index in [-0.39, 0.29) is 4.90 Å². The number of aromatic amines is 1. The van der Waals surface area contributed by atoms with Gasteiger partial charge in [0.2, 0.25) is 10.0 Å². The van der Waals surface area contributed by atoms with Gasteiger partial charge in [-0.15, -0.1) is 0 Å². The Hall–Kier alpha value is -0.530. The largest absolute Gasteiger partial charge is 0.281 e. The highest BCUT2D eigenvalue weighted by Gasteiger charge is 2.22. The van der Waals surface area contributed by atoms with E-state index < -0.39 is 10.0 Å². The van der Waals surface area contributed by atoms with Gasteiger partial charge in [-0.25, -0.2) is 13.1 Å². The first-order chi connectivity index (χ1) is 7.59. The highest BCUT2D eigenvalue weighted by atomic mass is 32.2. The SMILES string of the molecule is Cc1[nH]ncc1S(=O)(=O)NCC1CCSC1. The summed E-state index contributed by atoms with van der Waals surface area (Å²) in [4.78, 5) is 0.248. The number of nitrogens with zero attached hydrogens (tertiary/aromatic N) is 1. The van der Waals surface area contributed by atoms with Gasteiger partial charge in [-0.1, -0.05) is 0 Å². The Balaban J connectivity index is 2.00. The van der Waals surface area contributed by atoms with Gasteiger partial charge in [0.25, 0.3) is 0 Å². The third kappa shape index (κ3) is 2.58. The molecule has 2 N–H and O–H groups in total. The normalized spacial score (nSPS) is 21.4. The Labute approximate surface area is 99.4 Å². The highest BCUT2D eigenvalue weighted by molar-refractivity contribution is 7.99. The van der Waals surface area contributed by atoms with Crippen LogP contribution in [0.5, 0.6) is 0 Å². The van der Waals surface area contributed by atoms with E-state index in [2.05, 4.69) is 14.9 Å². The topological polar surface area (TPSA) is 74.8 Å². The molecule has 1 aromatic rings. The summed E-state index contributed by atoms with van der Waals surface area (Å²) in [5, 5.41) is 6.35. The molecule has 0 saturated carbocycles. The molecule has 5 nitrogen and oxygen atoms in total. The van der Waals surface area contributed by atoms with Crippen molar-refractivity contribution in [2.75, 3.05) is 18.1 Å². The molecule has 7 heteroatoms. The molecular weight excluding hydrogens is 246 g/mol. The molecule has 2 heterocycles. The minimum Gasteiger partial charge on any atom is -0.281 e. The van der Waals surface area contributed by atoms with E-state index in [9.17, 15) is 8.42 Å². The van der Waals surface area contributed by atoms with Crippen LogP contribution in [0.3, 0.4) is 0 Å². The second kappa shape index (κ2) is 4.77. The molecule has 0 bridgehead atoms. The number of aryl methyl sites for hydroxylation is 1. The summed E-state index contributed by atoms with van der Waals surface area (Å²) in [5.74, 6) is 2.65. The molecule has 1 fully saturated rings. The van der Waals surface area contributed by atoms with Crippen molar-refractivity contribution in [3.8, 4) is 0 Å². The van der Waals surface area contributed by atoms with Crippen molar-refractivity contribution < 1.29 is 8.42 Å². The Kier molecular flexibility index (Phi) is 3.56. The molecule has 1 aliphatic rings. The highest BCUT2D eigenvalue weighted by Crippen LogP contribution is 2.23. The van der Waals surface area contributed by atoms with Crippen molar-refractivity contribution in [1.29, 1.82) is 0 Å². The number of nitrogens with one attached hydrogen (secondary N) is 2. The van der Waals surface area contributed by atoms with E-state index in [4.69, 9.17) is 0 Å².